The van der Waals surface area contributed by atoms with E-state index in [2.05, 4.69) is 82.2 Å². The van der Waals surface area contributed by atoms with Crippen molar-refractivity contribution in [2.75, 3.05) is 4.90 Å². The number of nitrogens with zero attached hydrogens (tertiary/aromatic N) is 4. The molecule has 1 saturated carbocycles. The Labute approximate surface area is 189 Å². The van der Waals surface area contributed by atoms with Gasteiger partial charge in [-0.05, 0) is 47.4 Å². The SMILES string of the molecule is Cn1cncc1CN(c1ccc(C#N)c(-c2cccc3ccccc23)c1)C1CCCCC1. The van der Waals surface area contributed by atoms with E-state index in [0.717, 1.165) is 17.7 Å². The van der Waals surface area contributed by atoms with Crippen LogP contribution in [-0.2, 0) is 13.6 Å². The van der Waals surface area contributed by atoms with Crippen molar-refractivity contribution in [3.8, 4) is 17.2 Å². The van der Waals surface area contributed by atoms with Crippen LogP contribution < -0.4 is 4.90 Å². The average Bonchev–Trinajstić information content (AvgIpc) is 3.26. The maximum Gasteiger partial charge on any atom is 0.0998 e. The van der Waals surface area contributed by atoms with Gasteiger partial charge in [-0.2, -0.15) is 5.26 Å². The molecule has 5 rings (SSSR count). The third-order valence-corrected chi connectivity index (χ3v) is 6.80. The minimum atomic E-state index is 0.506. The molecule has 1 aliphatic rings. The molecule has 3 aromatic carbocycles. The lowest BCUT2D eigenvalue weighted by atomic mass is 9.92. The molecule has 1 heterocycles. The second-order valence-corrected chi connectivity index (χ2v) is 8.78. The highest BCUT2D eigenvalue weighted by Crippen LogP contribution is 2.36. The van der Waals surface area contributed by atoms with Crippen LogP contribution in [-0.4, -0.2) is 15.6 Å². The minimum Gasteiger partial charge on any atom is -0.363 e. The first kappa shape index (κ1) is 20.3. The third kappa shape index (κ3) is 3.87. The largest absolute Gasteiger partial charge is 0.363 e. The zero-order valence-electron chi connectivity index (χ0n) is 18.5. The number of nitriles is 1. The Balaban J connectivity index is 1.62. The van der Waals surface area contributed by atoms with E-state index in [1.165, 1.54) is 54.3 Å². The quantitative estimate of drug-likeness (QED) is 0.373. The Kier molecular flexibility index (Phi) is 5.64. The molecule has 0 atom stereocenters. The number of imidazole rings is 1. The van der Waals surface area contributed by atoms with Gasteiger partial charge in [0, 0.05) is 30.5 Å². The molecular weight excluding hydrogens is 392 g/mol. The molecule has 4 heteroatoms. The lowest BCUT2D eigenvalue weighted by molar-refractivity contribution is 0.411. The van der Waals surface area contributed by atoms with Crippen LogP contribution in [0.15, 0.2) is 73.2 Å². The van der Waals surface area contributed by atoms with E-state index in [9.17, 15) is 5.26 Å². The molecular formula is C28H28N4. The number of aryl methyl sites for hydroxylation is 1. The third-order valence-electron chi connectivity index (χ3n) is 6.80. The van der Waals surface area contributed by atoms with Gasteiger partial charge >= 0.3 is 0 Å². The summed E-state index contributed by atoms with van der Waals surface area (Å²) in [5, 5.41) is 12.3. The number of anilines is 1. The molecule has 0 radical (unpaired) electrons. The first-order valence-corrected chi connectivity index (χ1v) is 11.5. The van der Waals surface area contributed by atoms with Crippen molar-refractivity contribution in [2.45, 2.75) is 44.7 Å². The number of hydrogen-bond acceptors (Lipinski definition) is 3. The normalized spacial score (nSPS) is 14.4. The summed E-state index contributed by atoms with van der Waals surface area (Å²) in [6.45, 7) is 0.821. The fourth-order valence-corrected chi connectivity index (χ4v) is 5.03. The molecule has 0 aliphatic heterocycles. The van der Waals surface area contributed by atoms with E-state index in [4.69, 9.17) is 0 Å². The van der Waals surface area contributed by atoms with Crippen LogP contribution in [0.25, 0.3) is 21.9 Å². The van der Waals surface area contributed by atoms with Gasteiger partial charge in [0.05, 0.1) is 30.2 Å². The molecule has 0 spiro atoms. The average molecular weight is 421 g/mol. The van der Waals surface area contributed by atoms with Crippen LogP contribution in [0.1, 0.15) is 43.4 Å². The highest BCUT2D eigenvalue weighted by atomic mass is 15.2. The summed E-state index contributed by atoms with van der Waals surface area (Å²) in [6, 6.07) is 24.0. The maximum absolute atomic E-state index is 9.90. The first-order chi connectivity index (χ1) is 15.7. The minimum absolute atomic E-state index is 0.506. The highest BCUT2D eigenvalue weighted by molar-refractivity contribution is 5.98. The molecule has 0 saturated heterocycles. The number of fused-ring (bicyclic) bond motifs is 1. The van der Waals surface area contributed by atoms with Crippen LogP contribution in [0, 0.1) is 11.3 Å². The Hall–Kier alpha value is -3.58. The number of rotatable bonds is 5. The Morgan fingerprint density at radius 1 is 1.00 bits per heavy atom. The van der Waals surface area contributed by atoms with E-state index in [1.807, 2.05) is 18.6 Å². The summed E-state index contributed by atoms with van der Waals surface area (Å²) in [6.07, 6.45) is 10.1. The first-order valence-electron chi connectivity index (χ1n) is 11.5. The standard InChI is InChI=1S/C28H28N4/c1-31-20-30-18-25(31)19-32(23-10-3-2-4-11-23)24-15-14-22(17-29)28(16-24)27-13-7-9-21-8-5-6-12-26(21)27/h5-9,12-16,18,20,23H,2-4,10-11,19H2,1H3. The molecule has 32 heavy (non-hydrogen) atoms. The number of benzene rings is 3. The fourth-order valence-electron chi connectivity index (χ4n) is 5.03. The van der Waals surface area contributed by atoms with Crippen molar-refractivity contribution >= 4 is 16.5 Å². The fraction of sp³-hybridized carbons (Fsp3) is 0.286. The van der Waals surface area contributed by atoms with Crippen molar-refractivity contribution in [2.24, 2.45) is 7.05 Å². The summed E-state index contributed by atoms with van der Waals surface area (Å²) in [7, 11) is 2.06. The van der Waals surface area contributed by atoms with Gasteiger partial charge in [-0.3, -0.25) is 0 Å². The Morgan fingerprint density at radius 3 is 2.59 bits per heavy atom. The van der Waals surface area contributed by atoms with Gasteiger partial charge in [0.2, 0.25) is 0 Å². The van der Waals surface area contributed by atoms with Gasteiger partial charge in [0.25, 0.3) is 0 Å². The summed E-state index contributed by atoms with van der Waals surface area (Å²) >= 11 is 0. The van der Waals surface area contributed by atoms with E-state index in [-0.39, 0.29) is 0 Å². The van der Waals surface area contributed by atoms with Crippen LogP contribution in [0.3, 0.4) is 0 Å². The van der Waals surface area contributed by atoms with E-state index in [1.54, 1.807) is 0 Å². The van der Waals surface area contributed by atoms with Crippen molar-refractivity contribution < 1.29 is 0 Å². The summed E-state index contributed by atoms with van der Waals surface area (Å²) < 4.78 is 2.10. The Morgan fingerprint density at radius 2 is 1.81 bits per heavy atom. The van der Waals surface area contributed by atoms with Crippen LogP contribution >= 0.6 is 0 Å². The number of aromatic nitrogens is 2. The summed E-state index contributed by atoms with van der Waals surface area (Å²) in [5.41, 5.74) is 5.22. The van der Waals surface area contributed by atoms with Crippen molar-refractivity contribution in [3.05, 3.63) is 84.4 Å². The van der Waals surface area contributed by atoms with Crippen molar-refractivity contribution in [3.63, 3.8) is 0 Å². The van der Waals surface area contributed by atoms with Gasteiger partial charge in [-0.1, -0.05) is 61.7 Å². The lowest BCUT2D eigenvalue weighted by Crippen LogP contribution is -2.37. The van der Waals surface area contributed by atoms with Crippen molar-refractivity contribution in [1.29, 1.82) is 5.26 Å². The number of hydrogen-bond donors (Lipinski definition) is 0. The van der Waals surface area contributed by atoms with Gasteiger partial charge in [0.1, 0.15) is 0 Å². The predicted octanol–water partition coefficient (Wildman–Crippen LogP) is 6.45. The maximum atomic E-state index is 9.90. The molecule has 0 N–H and O–H groups in total. The van der Waals surface area contributed by atoms with Crippen LogP contribution in [0.2, 0.25) is 0 Å². The van der Waals surface area contributed by atoms with E-state index < -0.39 is 0 Å². The van der Waals surface area contributed by atoms with Gasteiger partial charge in [0.15, 0.2) is 0 Å². The second-order valence-electron chi connectivity index (χ2n) is 8.78. The Bertz CT molecular complexity index is 1270. The van der Waals surface area contributed by atoms with Crippen LogP contribution in [0.5, 0.6) is 0 Å². The van der Waals surface area contributed by atoms with Gasteiger partial charge in [-0.15, -0.1) is 0 Å². The van der Waals surface area contributed by atoms with Gasteiger partial charge in [-0.25, -0.2) is 4.98 Å². The molecule has 1 aliphatic carbocycles. The van der Waals surface area contributed by atoms with Crippen LogP contribution in [0.4, 0.5) is 5.69 Å². The smallest absolute Gasteiger partial charge is 0.0998 e. The van der Waals surface area contributed by atoms with E-state index >= 15 is 0 Å². The molecule has 4 aromatic rings. The molecule has 0 amide bonds. The summed E-state index contributed by atoms with van der Waals surface area (Å²) in [5.74, 6) is 0. The highest BCUT2D eigenvalue weighted by Gasteiger charge is 2.23. The molecule has 160 valence electrons. The van der Waals surface area contributed by atoms with Gasteiger partial charge < -0.3 is 9.47 Å². The zero-order valence-corrected chi connectivity index (χ0v) is 18.5. The molecule has 4 nitrogen and oxygen atoms in total. The zero-order chi connectivity index (χ0) is 21.9. The summed E-state index contributed by atoms with van der Waals surface area (Å²) in [4.78, 5) is 6.87. The van der Waals surface area contributed by atoms with E-state index in [0.29, 0.717) is 11.6 Å². The molecule has 0 bridgehead atoms. The molecule has 1 fully saturated rings. The van der Waals surface area contributed by atoms with Crippen molar-refractivity contribution in [1.82, 2.24) is 9.55 Å². The monoisotopic (exact) mass is 420 g/mol. The lowest BCUT2D eigenvalue weighted by Gasteiger charge is -2.36. The predicted molar refractivity (Wildman–Crippen MR) is 130 cm³/mol. The molecule has 0 unspecified atom stereocenters. The second kappa shape index (κ2) is 8.88. The molecule has 1 aromatic heterocycles. The topological polar surface area (TPSA) is 44.9 Å².